The number of likely N-dealkylation sites (N-methyl/N-ethyl adjacent to an activating group) is 1. The Kier molecular flexibility index (Phi) is 5.38. The number of aromatic nitrogens is 1. The summed E-state index contributed by atoms with van der Waals surface area (Å²) in [6, 6.07) is 4.29. The molecule has 0 spiro atoms. The molecule has 0 aliphatic heterocycles. The number of rotatable bonds is 5. The lowest BCUT2D eigenvalue weighted by Gasteiger charge is -2.39. The van der Waals surface area contributed by atoms with E-state index < -0.39 is 0 Å². The van der Waals surface area contributed by atoms with Crippen molar-refractivity contribution >= 4 is 5.82 Å². The van der Waals surface area contributed by atoms with Crippen molar-refractivity contribution < 1.29 is 4.74 Å². The molecule has 20 heavy (non-hydrogen) atoms. The Hall–Kier alpha value is -1.13. The Morgan fingerprint density at radius 2 is 2.05 bits per heavy atom. The maximum absolute atomic E-state index is 6.00. The smallest absolute Gasteiger partial charge is 0.126 e. The van der Waals surface area contributed by atoms with Gasteiger partial charge in [0, 0.05) is 19.3 Å². The van der Waals surface area contributed by atoms with Crippen molar-refractivity contribution in [3.05, 3.63) is 23.9 Å². The van der Waals surface area contributed by atoms with Gasteiger partial charge in [-0.2, -0.15) is 0 Å². The fraction of sp³-hybridized carbons (Fsp3) is 0.688. The quantitative estimate of drug-likeness (QED) is 0.812. The molecule has 0 aromatic carbocycles. The summed E-state index contributed by atoms with van der Waals surface area (Å²) >= 11 is 0. The second kappa shape index (κ2) is 7.04. The third-order valence-corrected chi connectivity index (χ3v) is 4.69. The van der Waals surface area contributed by atoms with E-state index in [0.29, 0.717) is 5.82 Å². The van der Waals surface area contributed by atoms with Crippen molar-refractivity contribution in [1.82, 2.24) is 10.3 Å². The molecule has 1 aliphatic carbocycles. The molecule has 0 saturated heterocycles. The molecular weight excluding hydrogens is 250 g/mol. The fourth-order valence-electron chi connectivity index (χ4n) is 3.42. The molecule has 4 nitrogen and oxygen atoms in total. The molecule has 2 rings (SSSR count). The number of nitrogens with two attached hydrogens (primary N) is 1. The van der Waals surface area contributed by atoms with Gasteiger partial charge in [0.25, 0.3) is 0 Å². The number of anilines is 1. The summed E-state index contributed by atoms with van der Waals surface area (Å²) < 4.78 is 6.00. The molecule has 3 N–H and O–H groups in total. The van der Waals surface area contributed by atoms with E-state index in [-0.39, 0.29) is 11.6 Å². The molecule has 1 saturated carbocycles. The predicted molar refractivity (Wildman–Crippen MR) is 82.6 cm³/mol. The van der Waals surface area contributed by atoms with Gasteiger partial charge in [0.1, 0.15) is 5.82 Å². The van der Waals surface area contributed by atoms with Gasteiger partial charge in [-0.05, 0) is 37.9 Å². The highest BCUT2D eigenvalue weighted by molar-refractivity contribution is 5.39. The van der Waals surface area contributed by atoms with Crippen LogP contribution in [0.15, 0.2) is 18.3 Å². The predicted octanol–water partition coefficient (Wildman–Crippen LogP) is 2.53. The summed E-state index contributed by atoms with van der Waals surface area (Å²) in [5.74, 6) is 0.632. The van der Waals surface area contributed by atoms with Crippen molar-refractivity contribution in [3.8, 4) is 0 Å². The van der Waals surface area contributed by atoms with E-state index in [4.69, 9.17) is 10.5 Å². The van der Waals surface area contributed by atoms with Gasteiger partial charge in [-0.1, -0.05) is 31.7 Å². The van der Waals surface area contributed by atoms with Gasteiger partial charge in [0.2, 0.25) is 0 Å². The number of nitrogens with zero attached hydrogens (tertiary/aromatic N) is 1. The Labute approximate surface area is 122 Å². The minimum absolute atomic E-state index is 0.0759. The monoisotopic (exact) mass is 277 g/mol. The summed E-state index contributed by atoms with van der Waals surface area (Å²) in [4.78, 5) is 4.19. The summed E-state index contributed by atoms with van der Waals surface area (Å²) in [6.07, 6.45) is 9.97. The van der Waals surface area contributed by atoms with Gasteiger partial charge in [-0.25, -0.2) is 4.98 Å². The van der Waals surface area contributed by atoms with E-state index in [2.05, 4.69) is 16.4 Å². The van der Waals surface area contributed by atoms with Crippen LogP contribution in [0.5, 0.6) is 0 Å². The SMILES string of the molecule is CNC(Cc1cccnc1N)C1(OC)CCCCCC1. The van der Waals surface area contributed by atoms with Crippen molar-refractivity contribution in [2.24, 2.45) is 0 Å². The van der Waals surface area contributed by atoms with Crippen LogP contribution in [0.4, 0.5) is 5.82 Å². The van der Waals surface area contributed by atoms with Crippen LogP contribution in [0, 0.1) is 0 Å². The lowest BCUT2D eigenvalue weighted by Crippen LogP contribution is -2.52. The number of pyridine rings is 1. The van der Waals surface area contributed by atoms with Gasteiger partial charge in [0.05, 0.1) is 5.60 Å². The van der Waals surface area contributed by atoms with Crippen molar-refractivity contribution in [2.45, 2.75) is 56.6 Å². The van der Waals surface area contributed by atoms with Crippen LogP contribution < -0.4 is 11.1 Å². The third-order valence-electron chi connectivity index (χ3n) is 4.69. The zero-order valence-corrected chi connectivity index (χ0v) is 12.7. The zero-order valence-electron chi connectivity index (χ0n) is 12.7. The molecule has 1 unspecified atom stereocenters. The standard InChI is InChI=1S/C16H27N3O/c1-18-14(12-13-8-7-11-19-15(13)17)16(20-2)9-5-3-4-6-10-16/h7-8,11,14,18H,3-6,9-10,12H2,1-2H3,(H2,17,19). The molecule has 1 fully saturated rings. The van der Waals surface area contributed by atoms with Crippen molar-refractivity contribution in [1.29, 1.82) is 0 Å². The average Bonchev–Trinajstić information content (AvgIpc) is 2.73. The molecular formula is C16H27N3O. The van der Waals surface area contributed by atoms with Crippen LogP contribution in [-0.4, -0.2) is 30.8 Å². The van der Waals surface area contributed by atoms with Crippen LogP contribution in [-0.2, 0) is 11.2 Å². The first kappa shape index (κ1) is 15.3. The summed E-state index contributed by atoms with van der Waals surface area (Å²) in [5, 5.41) is 3.46. The number of hydrogen-bond acceptors (Lipinski definition) is 4. The number of hydrogen-bond donors (Lipinski definition) is 2. The second-order valence-corrected chi connectivity index (χ2v) is 5.78. The highest BCUT2D eigenvalue weighted by Gasteiger charge is 2.38. The van der Waals surface area contributed by atoms with Crippen LogP contribution in [0.25, 0.3) is 0 Å². The van der Waals surface area contributed by atoms with E-state index in [1.165, 1.54) is 25.7 Å². The van der Waals surface area contributed by atoms with Gasteiger partial charge in [0.15, 0.2) is 0 Å². The third kappa shape index (κ3) is 3.30. The van der Waals surface area contributed by atoms with Crippen LogP contribution in [0.1, 0.15) is 44.1 Å². The molecule has 1 atom stereocenters. The topological polar surface area (TPSA) is 60.2 Å². The first-order chi connectivity index (χ1) is 9.72. The Balaban J connectivity index is 2.18. The first-order valence-corrected chi connectivity index (χ1v) is 7.63. The first-order valence-electron chi connectivity index (χ1n) is 7.63. The van der Waals surface area contributed by atoms with Crippen molar-refractivity contribution in [3.63, 3.8) is 0 Å². The Morgan fingerprint density at radius 1 is 1.35 bits per heavy atom. The molecule has 1 aliphatic rings. The largest absolute Gasteiger partial charge is 0.383 e. The molecule has 112 valence electrons. The maximum Gasteiger partial charge on any atom is 0.126 e. The lowest BCUT2D eigenvalue weighted by atomic mass is 9.83. The average molecular weight is 277 g/mol. The van der Waals surface area contributed by atoms with Gasteiger partial charge in [-0.15, -0.1) is 0 Å². The molecule has 1 heterocycles. The van der Waals surface area contributed by atoms with E-state index >= 15 is 0 Å². The zero-order chi connectivity index (χ0) is 14.4. The second-order valence-electron chi connectivity index (χ2n) is 5.78. The fourth-order valence-corrected chi connectivity index (χ4v) is 3.42. The van der Waals surface area contributed by atoms with Crippen LogP contribution >= 0.6 is 0 Å². The molecule has 0 bridgehead atoms. The maximum atomic E-state index is 6.00. The minimum atomic E-state index is -0.0759. The Bertz CT molecular complexity index is 414. The molecule has 4 heteroatoms. The van der Waals surface area contributed by atoms with Gasteiger partial charge in [-0.3, -0.25) is 0 Å². The normalized spacial score (nSPS) is 20.3. The van der Waals surface area contributed by atoms with Gasteiger partial charge < -0.3 is 15.8 Å². The number of methoxy groups -OCH3 is 1. The highest BCUT2D eigenvalue weighted by Crippen LogP contribution is 2.34. The number of ether oxygens (including phenoxy) is 1. The van der Waals surface area contributed by atoms with Crippen molar-refractivity contribution in [2.75, 3.05) is 19.9 Å². The lowest BCUT2D eigenvalue weighted by molar-refractivity contribution is -0.0508. The van der Waals surface area contributed by atoms with Crippen LogP contribution in [0.2, 0.25) is 0 Å². The van der Waals surface area contributed by atoms with E-state index in [1.807, 2.05) is 20.2 Å². The van der Waals surface area contributed by atoms with E-state index in [1.54, 1.807) is 6.20 Å². The Morgan fingerprint density at radius 3 is 2.60 bits per heavy atom. The highest BCUT2D eigenvalue weighted by atomic mass is 16.5. The summed E-state index contributed by atoms with van der Waals surface area (Å²) in [6.45, 7) is 0. The molecule has 1 aromatic heterocycles. The molecule has 0 amide bonds. The number of nitrogen functional groups attached to an aromatic ring is 1. The number of nitrogens with one attached hydrogen (secondary N) is 1. The van der Waals surface area contributed by atoms with E-state index in [0.717, 1.165) is 24.8 Å². The molecule has 0 radical (unpaired) electrons. The molecule has 1 aromatic rings. The van der Waals surface area contributed by atoms with E-state index in [9.17, 15) is 0 Å². The minimum Gasteiger partial charge on any atom is -0.383 e. The summed E-state index contributed by atoms with van der Waals surface area (Å²) in [7, 11) is 3.87. The van der Waals surface area contributed by atoms with Gasteiger partial charge >= 0.3 is 0 Å². The van der Waals surface area contributed by atoms with Crippen LogP contribution in [0.3, 0.4) is 0 Å². The summed E-state index contributed by atoms with van der Waals surface area (Å²) in [5.41, 5.74) is 7.02.